The molecule has 0 amide bonds. The average Bonchev–Trinajstić information content (AvgIpc) is 2.46. The molecule has 2 atom stereocenters. The number of hydrogen-bond acceptors (Lipinski definition) is 4. The van der Waals surface area contributed by atoms with Gasteiger partial charge in [0.05, 0.1) is 12.7 Å². The van der Waals surface area contributed by atoms with Crippen molar-refractivity contribution in [2.24, 2.45) is 5.73 Å². The van der Waals surface area contributed by atoms with Crippen LogP contribution >= 0.6 is 0 Å². The summed E-state index contributed by atoms with van der Waals surface area (Å²) in [5.74, 6) is 0. The van der Waals surface area contributed by atoms with Gasteiger partial charge in [-0.25, -0.2) is 0 Å². The number of likely N-dealkylation sites (N-methyl/N-ethyl adjacent to an activating group) is 1. The minimum absolute atomic E-state index is 0.313. The molecule has 1 aromatic carbocycles. The van der Waals surface area contributed by atoms with Crippen molar-refractivity contribution in [3.8, 4) is 0 Å². The molecule has 0 spiro atoms. The fourth-order valence-corrected chi connectivity index (χ4v) is 3.33. The molecular formula is C16H25N3O. The van der Waals surface area contributed by atoms with Crippen LogP contribution in [-0.2, 0) is 17.7 Å². The van der Waals surface area contributed by atoms with Gasteiger partial charge in [0.25, 0.3) is 0 Å². The first kappa shape index (κ1) is 14.0. The van der Waals surface area contributed by atoms with Gasteiger partial charge in [-0.05, 0) is 24.6 Å². The molecule has 2 unspecified atom stereocenters. The van der Waals surface area contributed by atoms with Gasteiger partial charge in [-0.2, -0.15) is 0 Å². The summed E-state index contributed by atoms with van der Waals surface area (Å²) in [4.78, 5) is 4.86. The topological polar surface area (TPSA) is 41.7 Å². The number of hydrogen-bond donors (Lipinski definition) is 1. The minimum Gasteiger partial charge on any atom is -0.374 e. The standard InChI is InChI=1S/C16H25N3O/c1-18-6-7-20-16(11-18)12-19-10-14-5-3-2-4-13(14)8-15(19)9-17/h2-5,15-16H,6-12,17H2,1H3. The van der Waals surface area contributed by atoms with E-state index in [-0.39, 0.29) is 0 Å². The predicted molar refractivity (Wildman–Crippen MR) is 80.6 cm³/mol. The Morgan fingerprint density at radius 2 is 2.10 bits per heavy atom. The molecular weight excluding hydrogens is 250 g/mol. The molecule has 0 aliphatic carbocycles. The zero-order valence-electron chi connectivity index (χ0n) is 12.3. The molecule has 0 saturated carbocycles. The Labute approximate surface area is 121 Å². The third kappa shape index (κ3) is 3.04. The molecule has 2 aliphatic heterocycles. The lowest BCUT2D eigenvalue weighted by molar-refractivity contribution is -0.0436. The van der Waals surface area contributed by atoms with Crippen LogP contribution in [0.2, 0.25) is 0 Å². The number of nitrogens with zero attached hydrogens (tertiary/aromatic N) is 2. The van der Waals surface area contributed by atoms with Gasteiger partial charge >= 0.3 is 0 Å². The van der Waals surface area contributed by atoms with Gasteiger partial charge in [0.2, 0.25) is 0 Å². The summed E-state index contributed by atoms with van der Waals surface area (Å²) in [7, 11) is 2.17. The third-order valence-corrected chi connectivity index (χ3v) is 4.52. The van der Waals surface area contributed by atoms with Crippen molar-refractivity contribution in [1.29, 1.82) is 0 Å². The van der Waals surface area contributed by atoms with Gasteiger partial charge in [0, 0.05) is 38.8 Å². The summed E-state index contributed by atoms with van der Waals surface area (Å²) < 4.78 is 5.91. The largest absolute Gasteiger partial charge is 0.374 e. The molecule has 4 heteroatoms. The summed E-state index contributed by atoms with van der Waals surface area (Å²) in [6, 6.07) is 9.18. The Balaban J connectivity index is 1.69. The van der Waals surface area contributed by atoms with Crippen molar-refractivity contribution < 1.29 is 4.74 Å². The second kappa shape index (κ2) is 6.22. The molecule has 2 N–H and O–H groups in total. The van der Waals surface area contributed by atoms with Crippen molar-refractivity contribution in [1.82, 2.24) is 9.80 Å². The second-order valence-electron chi connectivity index (χ2n) is 6.05. The van der Waals surface area contributed by atoms with E-state index >= 15 is 0 Å². The number of fused-ring (bicyclic) bond motifs is 1. The lowest BCUT2D eigenvalue weighted by Gasteiger charge is -2.40. The fraction of sp³-hybridized carbons (Fsp3) is 0.625. The van der Waals surface area contributed by atoms with Crippen LogP contribution in [0.5, 0.6) is 0 Å². The molecule has 20 heavy (non-hydrogen) atoms. The second-order valence-corrected chi connectivity index (χ2v) is 6.05. The third-order valence-electron chi connectivity index (χ3n) is 4.52. The van der Waals surface area contributed by atoms with Crippen LogP contribution in [0.25, 0.3) is 0 Å². The smallest absolute Gasteiger partial charge is 0.0829 e. The fourth-order valence-electron chi connectivity index (χ4n) is 3.33. The van der Waals surface area contributed by atoms with Crippen molar-refractivity contribution in [2.75, 3.05) is 39.8 Å². The quantitative estimate of drug-likeness (QED) is 0.882. The molecule has 0 radical (unpaired) electrons. The number of rotatable bonds is 3. The maximum absolute atomic E-state index is 5.99. The number of ether oxygens (including phenoxy) is 1. The lowest BCUT2D eigenvalue weighted by atomic mass is 9.93. The van der Waals surface area contributed by atoms with Crippen molar-refractivity contribution in [3.63, 3.8) is 0 Å². The summed E-state index contributed by atoms with van der Waals surface area (Å²) in [6.07, 6.45) is 1.38. The first-order valence-corrected chi connectivity index (χ1v) is 7.57. The summed E-state index contributed by atoms with van der Waals surface area (Å²) in [5, 5.41) is 0. The molecule has 110 valence electrons. The normalized spacial score (nSPS) is 28.3. The molecule has 4 nitrogen and oxygen atoms in total. The van der Waals surface area contributed by atoms with Gasteiger partial charge in [0.15, 0.2) is 0 Å². The average molecular weight is 275 g/mol. The maximum Gasteiger partial charge on any atom is 0.0829 e. The zero-order chi connectivity index (χ0) is 13.9. The molecule has 1 saturated heterocycles. The van der Waals surface area contributed by atoms with Crippen LogP contribution in [0.1, 0.15) is 11.1 Å². The van der Waals surface area contributed by atoms with Gasteiger partial charge in [-0.3, -0.25) is 4.90 Å². The van der Waals surface area contributed by atoms with E-state index in [1.165, 1.54) is 11.1 Å². The van der Waals surface area contributed by atoms with E-state index in [1.807, 2.05) is 0 Å². The first-order chi connectivity index (χ1) is 9.76. The highest BCUT2D eigenvalue weighted by atomic mass is 16.5. The zero-order valence-corrected chi connectivity index (χ0v) is 12.3. The maximum atomic E-state index is 5.99. The van der Waals surface area contributed by atoms with E-state index < -0.39 is 0 Å². The highest BCUT2D eigenvalue weighted by Crippen LogP contribution is 2.23. The Bertz CT molecular complexity index is 451. The number of morpholine rings is 1. The van der Waals surface area contributed by atoms with Gasteiger partial charge in [-0.1, -0.05) is 24.3 Å². The van der Waals surface area contributed by atoms with E-state index in [0.717, 1.165) is 45.8 Å². The highest BCUT2D eigenvalue weighted by molar-refractivity contribution is 5.30. The molecule has 1 fully saturated rings. The van der Waals surface area contributed by atoms with Crippen molar-refractivity contribution >= 4 is 0 Å². The highest BCUT2D eigenvalue weighted by Gasteiger charge is 2.28. The molecule has 3 rings (SSSR count). The van der Waals surface area contributed by atoms with Crippen molar-refractivity contribution in [3.05, 3.63) is 35.4 Å². The molecule has 1 aromatic rings. The molecule has 0 bridgehead atoms. The Hall–Kier alpha value is -0.940. The molecule has 2 aliphatic rings. The Morgan fingerprint density at radius 1 is 1.30 bits per heavy atom. The van der Waals surface area contributed by atoms with Crippen LogP contribution in [-0.4, -0.2) is 61.8 Å². The number of nitrogens with two attached hydrogens (primary N) is 1. The number of benzene rings is 1. The van der Waals surface area contributed by atoms with Crippen LogP contribution in [0.15, 0.2) is 24.3 Å². The summed E-state index contributed by atoms with van der Waals surface area (Å²) >= 11 is 0. The van der Waals surface area contributed by atoms with E-state index in [1.54, 1.807) is 0 Å². The van der Waals surface area contributed by atoms with E-state index in [9.17, 15) is 0 Å². The van der Waals surface area contributed by atoms with E-state index in [4.69, 9.17) is 10.5 Å². The Morgan fingerprint density at radius 3 is 2.85 bits per heavy atom. The first-order valence-electron chi connectivity index (χ1n) is 7.57. The summed E-state index contributed by atoms with van der Waals surface area (Å²) in [6.45, 7) is 5.62. The van der Waals surface area contributed by atoms with Gasteiger partial charge in [0.1, 0.15) is 0 Å². The van der Waals surface area contributed by atoms with Gasteiger partial charge in [-0.15, -0.1) is 0 Å². The van der Waals surface area contributed by atoms with Gasteiger partial charge < -0.3 is 15.4 Å². The van der Waals surface area contributed by atoms with E-state index in [0.29, 0.717) is 12.1 Å². The molecule has 0 aromatic heterocycles. The monoisotopic (exact) mass is 275 g/mol. The van der Waals surface area contributed by atoms with Crippen LogP contribution in [0.4, 0.5) is 0 Å². The lowest BCUT2D eigenvalue weighted by Crippen LogP contribution is -2.52. The van der Waals surface area contributed by atoms with Crippen molar-refractivity contribution in [2.45, 2.75) is 25.1 Å². The van der Waals surface area contributed by atoms with Crippen LogP contribution in [0, 0.1) is 0 Å². The van der Waals surface area contributed by atoms with E-state index in [2.05, 4.69) is 41.1 Å². The molecule has 2 heterocycles. The van der Waals surface area contributed by atoms with Crippen LogP contribution in [0.3, 0.4) is 0 Å². The minimum atomic E-state index is 0.313. The SMILES string of the molecule is CN1CCOC(CN2Cc3ccccc3CC2CN)C1. The Kier molecular flexibility index (Phi) is 4.36. The predicted octanol–water partition coefficient (Wildman–Crippen LogP) is 0.703. The summed E-state index contributed by atoms with van der Waals surface area (Å²) in [5.41, 5.74) is 8.90. The van der Waals surface area contributed by atoms with Crippen LogP contribution < -0.4 is 5.73 Å².